The summed E-state index contributed by atoms with van der Waals surface area (Å²) in [7, 11) is 0. The summed E-state index contributed by atoms with van der Waals surface area (Å²) in [5.74, 6) is 0. The number of hydrogen-bond donors (Lipinski definition) is 0. The fraction of sp³-hybridized carbons (Fsp3) is 0.917. The lowest BCUT2D eigenvalue weighted by Crippen LogP contribution is -2.39. The molecule has 1 saturated carbocycles. The highest BCUT2D eigenvalue weighted by Gasteiger charge is 2.53. The molecule has 1 heterocycles. The molecule has 0 radical (unpaired) electrons. The normalized spacial score (nSPS) is 40.2. The molecule has 2 unspecified atom stereocenters. The van der Waals surface area contributed by atoms with Gasteiger partial charge in [-0.3, -0.25) is 0 Å². The summed E-state index contributed by atoms with van der Waals surface area (Å²) >= 11 is 0. The molecule has 0 aromatic carbocycles. The van der Waals surface area contributed by atoms with Gasteiger partial charge in [0, 0.05) is 0 Å². The quantitative estimate of drug-likeness (QED) is 0.641. The maximum Gasteiger partial charge on any atom is 0.0738 e. The van der Waals surface area contributed by atoms with Gasteiger partial charge in [-0.25, -0.2) is 0 Å². The zero-order valence-electron chi connectivity index (χ0n) is 9.18. The van der Waals surface area contributed by atoms with Gasteiger partial charge >= 0.3 is 0 Å². The molecule has 2 heteroatoms. The van der Waals surface area contributed by atoms with Crippen LogP contribution in [0.25, 0.3) is 0 Å². The first kappa shape index (κ1) is 9.98. The summed E-state index contributed by atoms with van der Waals surface area (Å²) in [6.07, 6.45) is 6.76. The SMILES string of the molecule is CC1(C)CCCC12CCC(CC#N)O2. The number of ether oxygens (including phenoxy) is 1. The van der Waals surface area contributed by atoms with Crippen LogP contribution in [-0.2, 0) is 4.74 Å². The van der Waals surface area contributed by atoms with Crippen LogP contribution < -0.4 is 0 Å². The molecular weight excluding hydrogens is 174 g/mol. The summed E-state index contributed by atoms with van der Waals surface area (Å²) in [4.78, 5) is 0. The van der Waals surface area contributed by atoms with Gasteiger partial charge < -0.3 is 4.74 Å². The van der Waals surface area contributed by atoms with Gasteiger partial charge in [-0.1, -0.05) is 13.8 Å². The largest absolute Gasteiger partial charge is 0.370 e. The lowest BCUT2D eigenvalue weighted by molar-refractivity contribution is -0.0952. The van der Waals surface area contributed by atoms with E-state index in [1.807, 2.05) is 0 Å². The van der Waals surface area contributed by atoms with E-state index in [2.05, 4.69) is 19.9 Å². The van der Waals surface area contributed by atoms with Gasteiger partial charge in [0.25, 0.3) is 0 Å². The highest BCUT2D eigenvalue weighted by atomic mass is 16.5. The Bertz CT molecular complexity index is 266. The van der Waals surface area contributed by atoms with Crippen LogP contribution in [0.5, 0.6) is 0 Å². The van der Waals surface area contributed by atoms with Crippen LogP contribution in [0.1, 0.15) is 52.4 Å². The van der Waals surface area contributed by atoms with Crippen molar-refractivity contribution in [3.63, 3.8) is 0 Å². The van der Waals surface area contributed by atoms with E-state index in [1.165, 1.54) is 19.3 Å². The van der Waals surface area contributed by atoms with Crippen molar-refractivity contribution < 1.29 is 4.74 Å². The third-order valence-corrected chi connectivity index (χ3v) is 4.20. The summed E-state index contributed by atoms with van der Waals surface area (Å²) in [6, 6.07) is 2.22. The molecule has 2 atom stereocenters. The van der Waals surface area contributed by atoms with Crippen LogP contribution in [0.2, 0.25) is 0 Å². The minimum absolute atomic E-state index is 0.106. The van der Waals surface area contributed by atoms with E-state index in [1.54, 1.807) is 0 Å². The molecule has 0 bridgehead atoms. The molecule has 2 aliphatic rings. The van der Waals surface area contributed by atoms with E-state index in [9.17, 15) is 0 Å². The molecule has 2 fully saturated rings. The van der Waals surface area contributed by atoms with Crippen LogP contribution in [0.3, 0.4) is 0 Å². The van der Waals surface area contributed by atoms with E-state index in [4.69, 9.17) is 10.00 Å². The van der Waals surface area contributed by atoms with Gasteiger partial charge in [0.2, 0.25) is 0 Å². The van der Waals surface area contributed by atoms with E-state index in [0.717, 1.165) is 12.8 Å². The number of rotatable bonds is 1. The minimum atomic E-state index is 0.106. The maximum atomic E-state index is 8.66. The van der Waals surface area contributed by atoms with Crippen molar-refractivity contribution in [3.8, 4) is 6.07 Å². The van der Waals surface area contributed by atoms with Gasteiger partial charge in [-0.2, -0.15) is 5.26 Å². The summed E-state index contributed by atoms with van der Waals surface area (Å²) in [5.41, 5.74) is 0.422. The Morgan fingerprint density at radius 3 is 2.71 bits per heavy atom. The third kappa shape index (κ3) is 1.35. The Morgan fingerprint density at radius 2 is 2.14 bits per heavy atom. The first-order valence-electron chi connectivity index (χ1n) is 5.64. The molecule has 0 amide bonds. The van der Waals surface area contributed by atoms with Gasteiger partial charge in [0.15, 0.2) is 0 Å². The number of nitrogens with zero attached hydrogens (tertiary/aromatic N) is 1. The molecule has 2 nitrogen and oxygen atoms in total. The van der Waals surface area contributed by atoms with Gasteiger partial charge in [-0.15, -0.1) is 0 Å². The molecule has 14 heavy (non-hydrogen) atoms. The van der Waals surface area contributed by atoms with Crippen LogP contribution >= 0.6 is 0 Å². The lowest BCUT2D eigenvalue weighted by atomic mass is 9.76. The van der Waals surface area contributed by atoms with Crippen LogP contribution in [-0.4, -0.2) is 11.7 Å². The molecular formula is C12H19NO. The van der Waals surface area contributed by atoms with Gasteiger partial charge in [-0.05, 0) is 37.5 Å². The summed E-state index contributed by atoms with van der Waals surface area (Å²) in [5, 5.41) is 8.66. The predicted octanol–water partition coefficient (Wildman–Crippen LogP) is 3.03. The Labute approximate surface area is 86.2 Å². The average molecular weight is 193 g/mol. The van der Waals surface area contributed by atoms with Crippen molar-refractivity contribution in [3.05, 3.63) is 0 Å². The lowest BCUT2D eigenvalue weighted by Gasteiger charge is -2.38. The third-order valence-electron chi connectivity index (χ3n) is 4.20. The Balaban J connectivity index is 2.09. The maximum absolute atomic E-state index is 8.66. The Morgan fingerprint density at radius 1 is 1.36 bits per heavy atom. The second-order valence-electron chi connectivity index (χ2n) is 5.37. The zero-order valence-corrected chi connectivity index (χ0v) is 9.18. The van der Waals surface area contributed by atoms with Crippen molar-refractivity contribution >= 4 is 0 Å². The van der Waals surface area contributed by atoms with Crippen molar-refractivity contribution in [2.75, 3.05) is 0 Å². The molecule has 1 spiro atoms. The van der Waals surface area contributed by atoms with Crippen molar-refractivity contribution in [1.82, 2.24) is 0 Å². The number of nitriles is 1. The molecule has 0 N–H and O–H groups in total. The zero-order chi connectivity index (χ0) is 10.2. The van der Waals surface area contributed by atoms with E-state index in [0.29, 0.717) is 11.8 Å². The molecule has 1 aliphatic carbocycles. The van der Waals surface area contributed by atoms with E-state index in [-0.39, 0.29) is 11.7 Å². The van der Waals surface area contributed by atoms with Crippen molar-refractivity contribution in [1.29, 1.82) is 5.26 Å². The average Bonchev–Trinajstić information content (AvgIpc) is 2.61. The highest BCUT2D eigenvalue weighted by molar-refractivity contribution is 5.04. The standard InChI is InChI=1S/C12H19NO/c1-11(2)6-3-7-12(11)8-4-10(14-12)5-9-13/h10H,3-8H2,1-2H3. The van der Waals surface area contributed by atoms with E-state index >= 15 is 0 Å². The smallest absolute Gasteiger partial charge is 0.0738 e. The van der Waals surface area contributed by atoms with E-state index < -0.39 is 0 Å². The molecule has 1 saturated heterocycles. The first-order chi connectivity index (χ1) is 6.60. The predicted molar refractivity (Wildman–Crippen MR) is 54.7 cm³/mol. The second kappa shape index (κ2) is 3.24. The van der Waals surface area contributed by atoms with Crippen molar-refractivity contribution in [2.45, 2.75) is 64.1 Å². The molecule has 1 aliphatic heterocycles. The van der Waals surface area contributed by atoms with Gasteiger partial charge in [0.1, 0.15) is 0 Å². The first-order valence-corrected chi connectivity index (χ1v) is 5.64. The summed E-state index contributed by atoms with van der Waals surface area (Å²) in [6.45, 7) is 4.63. The molecule has 0 aromatic rings. The Kier molecular flexibility index (Phi) is 2.31. The van der Waals surface area contributed by atoms with Crippen molar-refractivity contribution in [2.24, 2.45) is 5.41 Å². The van der Waals surface area contributed by atoms with Crippen LogP contribution in [0.4, 0.5) is 0 Å². The fourth-order valence-electron chi connectivity index (χ4n) is 3.14. The monoisotopic (exact) mass is 193 g/mol. The topological polar surface area (TPSA) is 33.0 Å². The Hall–Kier alpha value is -0.550. The minimum Gasteiger partial charge on any atom is -0.370 e. The summed E-state index contributed by atoms with van der Waals surface area (Å²) < 4.78 is 6.14. The molecule has 78 valence electrons. The van der Waals surface area contributed by atoms with Crippen LogP contribution in [0.15, 0.2) is 0 Å². The molecule has 0 aromatic heterocycles. The molecule has 2 rings (SSSR count). The fourth-order valence-corrected chi connectivity index (χ4v) is 3.14. The second-order valence-corrected chi connectivity index (χ2v) is 5.37. The highest BCUT2D eigenvalue weighted by Crippen LogP contribution is 2.54. The van der Waals surface area contributed by atoms with Crippen LogP contribution in [0, 0.1) is 16.7 Å². The van der Waals surface area contributed by atoms with Gasteiger partial charge in [0.05, 0.1) is 24.2 Å². The number of hydrogen-bond acceptors (Lipinski definition) is 2.